The molecule has 6 bridgehead atoms. The van der Waals surface area contributed by atoms with Crippen LogP contribution in [0, 0.1) is 81.3 Å². The van der Waals surface area contributed by atoms with Crippen molar-refractivity contribution < 1.29 is 100 Å². The van der Waals surface area contributed by atoms with Gasteiger partial charge in [0.05, 0.1) is 111 Å². The fourth-order valence-electron chi connectivity index (χ4n) is 21.4. The molecule has 3 aromatic carbocycles. The molecule has 30 nitrogen and oxygen atoms in total. The van der Waals surface area contributed by atoms with E-state index in [1.54, 1.807) is 31.1 Å². The number of ether oxygens (including phenoxy) is 11. The van der Waals surface area contributed by atoms with Crippen molar-refractivity contribution in [1.29, 1.82) is 0 Å². The number of aromatic nitrogens is 6. The van der Waals surface area contributed by atoms with Crippen LogP contribution in [0.15, 0.2) is 60.7 Å². The first-order chi connectivity index (χ1) is 64.3. The molecule has 0 spiro atoms. The maximum Gasteiger partial charge on any atom is 0.329 e. The molecule has 1 N–H and O–H groups in total. The van der Waals surface area contributed by atoms with E-state index < -0.39 is 105 Å². The quantitative estimate of drug-likeness (QED) is 0.104. The average Bonchev–Trinajstić information content (AvgIpc) is 1.62. The number of esters is 5. The fourth-order valence-corrected chi connectivity index (χ4v) is 21.4. The molecule has 9 heterocycles. The van der Waals surface area contributed by atoms with Crippen LogP contribution in [0.2, 0.25) is 0 Å². The maximum atomic E-state index is 14.6. The third-order valence-electron chi connectivity index (χ3n) is 29.6. The molecule has 3 aromatic heterocycles. The number of hydrogen-bond acceptors (Lipinski definition) is 26. The van der Waals surface area contributed by atoms with E-state index in [9.17, 15) is 48.3 Å². The highest BCUT2D eigenvalue weighted by Gasteiger charge is 2.58. The second-order valence-corrected chi connectivity index (χ2v) is 45.0. The Bertz CT molecular complexity index is 5490. The number of aliphatic carboxylic acids is 1. The fraction of sp³-hybridized carbons (Fsp3) is 0.679. The summed E-state index contributed by atoms with van der Waals surface area (Å²) in [5.41, 5.74) is 3.15. The van der Waals surface area contributed by atoms with Crippen LogP contribution in [0.4, 0.5) is 0 Å². The van der Waals surface area contributed by atoms with E-state index in [0.717, 1.165) is 112 Å². The zero-order valence-electron chi connectivity index (χ0n) is 83.5. The van der Waals surface area contributed by atoms with Gasteiger partial charge in [-0.15, -0.1) is 0 Å². The number of allylic oxidation sites excluding steroid dienone is 1. The summed E-state index contributed by atoms with van der Waals surface area (Å²) in [6.45, 7) is 34.6. The Morgan fingerprint density at radius 1 is 0.388 bits per heavy atom. The molecule has 5 aliphatic carbocycles. The number of rotatable bonds is 9. The molecule has 17 rings (SSSR count). The van der Waals surface area contributed by atoms with Crippen molar-refractivity contribution in [3.05, 3.63) is 77.8 Å². The lowest BCUT2D eigenvalue weighted by Crippen LogP contribution is -2.50. The average molecular weight is 1930 g/mol. The van der Waals surface area contributed by atoms with Crippen LogP contribution in [0.25, 0.3) is 39.2 Å². The number of carboxylic acid groups (broad SMARTS) is 1. The molecular weight excluding hydrogens is 1770 g/mol. The summed E-state index contributed by atoms with van der Waals surface area (Å²) in [4.78, 5) is 158. The largest absolute Gasteiger partial charge is 0.497 e. The van der Waals surface area contributed by atoms with E-state index >= 15 is 0 Å². The van der Waals surface area contributed by atoms with Crippen molar-refractivity contribution in [3.8, 4) is 34.9 Å². The van der Waals surface area contributed by atoms with E-state index in [1.165, 1.54) is 4.90 Å². The van der Waals surface area contributed by atoms with Gasteiger partial charge in [-0.3, -0.25) is 28.8 Å². The molecule has 0 radical (unpaired) electrons. The molecule has 11 aliphatic rings. The number of benzene rings is 3. The smallest absolute Gasteiger partial charge is 0.329 e. The number of nitrogens with zero attached hydrogens (tertiary/aromatic N) is 9. The van der Waals surface area contributed by atoms with Gasteiger partial charge in [-0.2, -0.15) is 0 Å². The molecule has 762 valence electrons. The van der Waals surface area contributed by atoms with Crippen LogP contribution in [-0.4, -0.2) is 210 Å². The number of carboxylic acids is 1. The van der Waals surface area contributed by atoms with Crippen molar-refractivity contribution in [3.63, 3.8) is 0 Å². The van der Waals surface area contributed by atoms with Gasteiger partial charge in [-0.05, 0) is 226 Å². The second kappa shape index (κ2) is 43.1. The standard InChI is InChI=1S/C37H51N3O7.C36H49N3O7.C33H43N3O7.3CH4/c1-9-23-29-19-40(32(23)35(43)47-37(5,6)7)34(42)25(36(2,3)4)18-30(41)45-28-16-21(28)12-10-11-20-15-24(20)31-33(46-29)39-27-17-22(44-8)13-14-26(27)38-31;1-9-23-29-20-39(31(23)34(42)46-36(5,6)7)33(41)24(35(2,3)4)19-30(40)44-28-17-21(28)13-11-10-12-14-26-32(45-29)38-27-18-22(43-8)15-16-25(27)37-26;1-6-20-26-16-36(29(20)32(39)40)31(38)22(33(2,3)4)15-27(37)42-25-13-18(25)9-7-8-17-12-21(17)28-30(43-26)35-24-14-19(41-5)10-11-23(24)34-28;;;/h13-14,17,20-21,23-25,28-29,32H,9-12,15-16,18-19H2,1-8H3;12,14-16,18,21,23-24,28-29,31H,9-11,13,17,19-20H2,1-8H3;10-11,14,17-18,20-22,25-26,29H,6-9,12-13,15-16H2,1-5H3,(H,39,40);3*1H4/b;14-12+;;;;/t20?,21-,23-,24?,25-,28-,29+,32+;21-,23-,24-,28-,29+,31+;17?,18-,20-,21?,22-,25-,26+,29+;;;/m111.../s1. The van der Waals surface area contributed by atoms with E-state index in [0.29, 0.717) is 112 Å². The Labute approximate surface area is 821 Å². The van der Waals surface area contributed by atoms with Gasteiger partial charge in [0.15, 0.2) is 0 Å². The Balaban J connectivity index is 0.000000185. The Kier molecular flexibility index (Phi) is 33.3. The highest BCUT2D eigenvalue weighted by molar-refractivity contribution is 5.92. The number of carbonyl (C=O) groups is 9. The molecular formula is C109H155N9O21. The van der Waals surface area contributed by atoms with Gasteiger partial charge >= 0.3 is 35.8 Å². The third kappa shape index (κ3) is 25.1. The minimum Gasteiger partial charge on any atom is -0.497 e. The maximum absolute atomic E-state index is 14.6. The van der Waals surface area contributed by atoms with Gasteiger partial charge in [0.2, 0.25) is 35.4 Å². The lowest BCUT2D eigenvalue weighted by Gasteiger charge is -2.35. The molecule has 3 amide bonds. The second-order valence-electron chi connectivity index (χ2n) is 45.0. The molecule has 6 aliphatic heterocycles. The molecule has 6 aromatic rings. The summed E-state index contributed by atoms with van der Waals surface area (Å²) in [6.07, 6.45) is 17.0. The van der Waals surface area contributed by atoms with Gasteiger partial charge in [-0.25, -0.2) is 44.3 Å². The Hall–Kier alpha value is -10.6. The number of amides is 3. The van der Waals surface area contributed by atoms with Crippen LogP contribution in [-0.2, 0) is 66.8 Å². The van der Waals surface area contributed by atoms with Crippen molar-refractivity contribution in [2.45, 2.75) is 353 Å². The van der Waals surface area contributed by atoms with Crippen molar-refractivity contribution in [2.75, 3.05) is 41.0 Å². The number of carbonyl (C=O) groups excluding carboxylic acids is 8. The van der Waals surface area contributed by atoms with Crippen molar-refractivity contribution in [2.24, 2.45) is 81.3 Å². The molecule has 5 saturated carbocycles. The normalized spacial score (nSPS) is 30.1. The van der Waals surface area contributed by atoms with E-state index in [-0.39, 0.29) is 139 Å². The zero-order chi connectivity index (χ0) is 97.9. The molecule has 4 unspecified atom stereocenters. The van der Waals surface area contributed by atoms with Crippen LogP contribution in [0.3, 0.4) is 0 Å². The Morgan fingerprint density at radius 3 is 1.04 bits per heavy atom. The SMILES string of the molecule is C.C.C.CC[C@@H]1[C@@H]2CN(C(=O)[C@H](C(C)(C)C)CC(=O)O[C@@H]3C[C@H]3CCC/C=C/c3nc4ccc(OC)cc4nc3O2)[C@@H]1C(=O)OC(C)(C)C.CC[C@@H]1[C@@H]2CN(C(=O)[C@H](C(C)(C)C)CC(=O)O[C@@H]3C[C@H]3CCCC3CC3c3nc4ccc(OC)cc4nc3O2)[C@@H]1C(=O)O.CC[C@@H]1[C@@H]2CN(C(=O)[C@H](C(C)(C)C)CC(=O)O[C@@H]3C[C@H]3CCCC3CC3c3nc4ccc(OC)cc4nc3O2)[C@@H]1C(=O)OC(C)(C)C. The van der Waals surface area contributed by atoms with Gasteiger partial charge in [-0.1, -0.05) is 124 Å². The van der Waals surface area contributed by atoms with Crippen LogP contribution in [0.5, 0.6) is 34.9 Å². The highest BCUT2D eigenvalue weighted by Crippen LogP contribution is 2.56. The third-order valence-corrected chi connectivity index (χ3v) is 29.6. The predicted octanol–water partition coefficient (Wildman–Crippen LogP) is 19.3. The van der Waals surface area contributed by atoms with Crippen molar-refractivity contribution >= 4 is 92.7 Å². The van der Waals surface area contributed by atoms with Gasteiger partial charge in [0, 0.05) is 47.8 Å². The molecule has 22 atom stereocenters. The van der Waals surface area contributed by atoms with Crippen molar-refractivity contribution in [1.82, 2.24) is 44.6 Å². The summed E-state index contributed by atoms with van der Waals surface area (Å²) in [7, 11) is 4.82. The topological polar surface area (TPSA) is 362 Å². The number of hydrogen-bond donors (Lipinski definition) is 1. The van der Waals surface area contributed by atoms with E-state index in [1.807, 2.05) is 185 Å². The zero-order valence-corrected chi connectivity index (χ0v) is 83.5. The minimum atomic E-state index is -1.08. The Morgan fingerprint density at radius 2 is 0.705 bits per heavy atom. The van der Waals surface area contributed by atoms with Crippen LogP contribution < -0.4 is 28.4 Å². The lowest BCUT2D eigenvalue weighted by molar-refractivity contribution is -0.167. The minimum absolute atomic E-state index is 0. The number of fused-ring (bicyclic) bond motifs is 19. The van der Waals surface area contributed by atoms with Crippen LogP contribution >= 0.6 is 0 Å². The molecule has 139 heavy (non-hydrogen) atoms. The molecule has 8 fully saturated rings. The first-order valence-corrected chi connectivity index (χ1v) is 49.7. The van der Waals surface area contributed by atoms with Gasteiger partial charge < -0.3 is 71.9 Å². The molecule has 3 saturated heterocycles. The first kappa shape index (κ1) is 107. The van der Waals surface area contributed by atoms with E-state index in [2.05, 4.69) is 6.08 Å². The monoisotopic (exact) mass is 1930 g/mol. The predicted molar refractivity (Wildman–Crippen MR) is 528 cm³/mol. The summed E-state index contributed by atoms with van der Waals surface area (Å²) < 4.78 is 65.8. The summed E-state index contributed by atoms with van der Waals surface area (Å²) in [5.74, 6) is -1.78. The summed E-state index contributed by atoms with van der Waals surface area (Å²) in [6, 6.07) is 13.9. The van der Waals surface area contributed by atoms with Gasteiger partial charge in [0.1, 0.15) is 100 Å². The molecule has 30 heteroatoms. The number of methoxy groups -OCH3 is 3. The lowest BCUT2D eigenvalue weighted by atomic mass is 9.77. The highest BCUT2D eigenvalue weighted by atomic mass is 16.6. The van der Waals surface area contributed by atoms with E-state index in [4.69, 9.17) is 82.0 Å². The van der Waals surface area contributed by atoms with Crippen LogP contribution in [0.1, 0.15) is 304 Å². The summed E-state index contributed by atoms with van der Waals surface area (Å²) >= 11 is 0. The van der Waals surface area contributed by atoms with Gasteiger partial charge in [0.25, 0.3) is 0 Å². The first-order valence-electron chi connectivity index (χ1n) is 49.7. The summed E-state index contributed by atoms with van der Waals surface area (Å²) in [5, 5.41) is 10.4.